The van der Waals surface area contributed by atoms with Gasteiger partial charge in [0.15, 0.2) is 0 Å². The van der Waals surface area contributed by atoms with Crippen LogP contribution in [0.4, 0.5) is 34.1 Å². The van der Waals surface area contributed by atoms with E-state index in [9.17, 15) is 0 Å². The summed E-state index contributed by atoms with van der Waals surface area (Å²) in [6.45, 7) is 9.48. The van der Waals surface area contributed by atoms with E-state index in [0.717, 1.165) is 5.69 Å². The third kappa shape index (κ3) is 4.94. The van der Waals surface area contributed by atoms with Crippen molar-refractivity contribution in [3.8, 4) is 22.3 Å². The summed E-state index contributed by atoms with van der Waals surface area (Å²) in [5.41, 5.74) is 17.1. The molecule has 0 unspecified atom stereocenters. The van der Waals surface area contributed by atoms with Crippen LogP contribution < -0.4 is 9.80 Å². The summed E-state index contributed by atoms with van der Waals surface area (Å²) in [5.74, 6) is 0. The lowest BCUT2D eigenvalue weighted by Gasteiger charge is -2.43. The van der Waals surface area contributed by atoms with Gasteiger partial charge in [0, 0.05) is 22.2 Å². The zero-order valence-electron chi connectivity index (χ0n) is 31.2. The van der Waals surface area contributed by atoms with Crippen molar-refractivity contribution >= 4 is 44.9 Å². The molecule has 0 spiro atoms. The maximum absolute atomic E-state index is 2.45. The molecule has 0 aliphatic carbocycles. The van der Waals surface area contributed by atoms with Crippen LogP contribution in [0, 0.1) is 0 Å². The molecule has 260 valence electrons. The Bertz CT molecular complexity index is 2720. The highest BCUT2D eigenvalue weighted by molar-refractivity contribution is 5.91. The Hall–Kier alpha value is -6.38. The van der Waals surface area contributed by atoms with Crippen LogP contribution in [0.1, 0.15) is 49.9 Å². The highest BCUT2D eigenvalue weighted by Crippen LogP contribution is 2.55. The Balaban J connectivity index is 1.08. The van der Waals surface area contributed by atoms with Gasteiger partial charge < -0.3 is 9.80 Å². The van der Waals surface area contributed by atoms with Crippen molar-refractivity contribution in [1.29, 1.82) is 0 Å². The Kier molecular flexibility index (Phi) is 7.22. The van der Waals surface area contributed by atoms with Gasteiger partial charge >= 0.3 is 0 Å². The zero-order chi connectivity index (χ0) is 36.6. The smallest absolute Gasteiger partial charge is 0.0503 e. The molecule has 2 heterocycles. The van der Waals surface area contributed by atoms with Gasteiger partial charge in [-0.25, -0.2) is 0 Å². The maximum atomic E-state index is 2.45. The largest absolute Gasteiger partial charge is 0.310 e. The van der Waals surface area contributed by atoms with Gasteiger partial charge in [0.2, 0.25) is 0 Å². The lowest BCUT2D eigenvalue weighted by Crippen LogP contribution is -2.31. The van der Waals surface area contributed by atoms with E-state index in [-0.39, 0.29) is 10.8 Å². The molecule has 10 rings (SSSR count). The lowest BCUT2D eigenvalue weighted by molar-refractivity contribution is 0.631. The normalized spacial score (nSPS) is 14.9. The van der Waals surface area contributed by atoms with Gasteiger partial charge in [-0.3, -0.25) is 0 Å². The summed E-state index contributed by atoms with van der Waals surface area (Å²) in [6.07, 6.45) is 0. The average Bonchev–Trinajstić information content (AvgIpc) is 3.21. The standard InChI is InChI=1S/C52H42N2/c1-51(2)43-18-10-12-20-47(43)53(41-16-6-5-7-17-41)49-30-26-39(33-45(49)51)40-27-31-50-46(34-40)52(3,4)44-19-11-13-21-48(44)54(50)42-28-24-36(25-29-42)38-23-22-35-14-8-9-15-37(35)32-38/h5-34H,1-4H3. The molecule has 0 N–H and O–H groups in total. The average molecular weight is 695 g/mol. The highest BCUT2D eigenvalue weighted by atomic mass is 15.2. The first-order valence-electron chi connectivity index (χ1n) is 19.0. The monoisotopic (exact) mass is 694 g/mol. The van der Waals surface area contributed by atoms with Crippen LogP contribution in [0.25, 0.3) is 33.0 Å². The molecule has 0 aromatic heterocycles. The SMILES string of the molecule is CC1(C)c2ccccc2N(c2ccccc2)c2ccc(-c3ccc4c(c3)C(C)(C)c3ccccc3N4c3ccc(-c4ccc5ccccc5c4)cc3)cc21. The Morgan fingerprint density at radius 3 is 1.28 bits per heavy atom. The molecule has 8 aromatic carbocycles. The number of fused-ring (bicyclic) bond motifs is 5. The van der Waals surface area contributed by atoms with Gasteiger partial charge in [0.05, 0.1) is 22.7 Å². The summed E-state index contributed by atoms with van der Waals surface area (Å²) in [4.78, 5) is 4.88. The molecule has 0 saturated carbocycles. The third-order valence-electron chi connectivity index (χ3n) is 12.0. The summed E-state index contributed by atoms with van der Waals surface area (Å²) in [6, 6.07) is 67.1. The van der Waals surface area contributed by atoms with E-state index in [4.69, 9.17) is 0 Å². The summed E-state index contributed by atoms with van der Waals surface area (Å²) >= 11 is 0. The second-order valence-corrected chi connectivity index (χ2v) is 15.9. The predicted molar refractivity (Wildman–Crippen MR) is 228 cm³/mol. The quantitative estimate of drug-likeness (QED) is 0.181. The van der Waals surface area contributed by atoms with Crippen molar-refractivity contribution in [2.24, 2.45) is 0 Å². The fourth-order valence-corrected chi connectivity index (χ4v) is 9.07. The van der Waals surface area contributed by atoms with Crippen molar-refractivity contribution in [2.45, 2.75) is 38.5 Å². The van der Waals surface area contributed by atoms with Crippen LogP contribution in [0.2, 0.25) is 0 Å². The van der Waals surface area contributed by atoms with Crippen molar-refractivity contribution < 1.29 is 0 Å². The fourth-order valence-electron chi connectivity index (χ4n) is 9.07. The van der Waals surface area contributed by atoms with Crippen LogP contribution >= 0.6 is 0 Å². The van der Waals surface area contributed by atoms with Crippen LogP contribution in [0.15, 0.2) is 182 Å². The van der Waals surface area contributed by atoms with E-state index in [2.05, 4.69) is 219 Å². The Morgan fingerprint density at radius 2 is 0.704 bits per heavy atom. The van der Waals surface area contributed by atoms with Crippen molar-refractivity contribution in [1.82, 2.24) is 0 Å². The number of anilines is 6. The van der Waals surface area contributed by atoms with Gasteiger partial charge in [-0.1, -0.05) is 143 Å². The van der Waals surface area contributed by atoms with Crippen LogP contribution in [-0.4, -0.2) is 0 Å². The number of rotatable bonds is 4. The summed E-state index contributed by atoms with van der Waals surface area (Å²) in [5, 5.41) is 2.52. The minimum atomic E-state index is -0.194. The molecule has 2 aliphatic heterocycles. The Morgan fingerprint density at radius 1 is 0.296 bits per heavy atom. The molecular formula is C52H42N2. The first-order valence-corrected chi connectivity index (χ1v) is 19.0. The summed E-state index contributed by atoms with van der Waals surface area (Å²) < 4.78 is 0. The van der Waals surface area contributed by atoms with Gasteiger partial charge in [-0.05, 0) is 122 Å². The Labute approximate surface area is 318 Å². The van der Waals surface area contributed by atoms with Crippen LogP contribution in [-0.2, 0) is 10.8 Å². The highest BCUT2D eigenvalue weighted by Gasteiger charge is 2.39. The van der Waals surface area contributed by atoms with E-state index in [0.29, 0.717) is 0 Å². The second kappa shape index (κ2) is 12.1. The van der Waals surface area contributed by atoms with E-state index >= 15 is 0 Å². The van der Waals surface area contributed by atoms with Crippen molar-refractivity contribution in [3.05, 3.63) is 204 Å². The fraction of sp³-hybridized carbons (Fsp3) is 0.115. The number of hydrogen-bond acceptors (Lipinski definition) is 2. The lowest BCUT2D eigenvalue weighted by atomic mass is 9.71. The van der Waals surface area contributed by atoms with Gasteiger partial charge in [0.1, 0.15) is 0 Å². The molecule has 2 aliphatic rings. The molecule has 0 amide bonds. The number of nitrogens with zero attached hydrogens (tertiary/aromatic N) is 2. The van der Waals surface area contributed by atoms with Crippen LogP contribution in [0.5, 0.6) is 0 Å². The van der Waals surface area contributed by atoms with E-state index in [1.165, 1.54) is 83.7 Å². The molecule has 0 fully saturated rings. The molecule has 2 heteroatoms. The molecule has 0 radical (unpaired) electrons. The molecule has 0 atom stereocenters. The van der Waals surface area contributed by atoms with E-state index < -0.39 is 0 Å². The molecule has 8 aromatic rings. The first kappa shape index (κ1) is 32.3. The third-order valence-corrected chi connectivity index (χ3v) is 12.0. The molecule has 2 nitrogen and oxygen atoms in total. The number of hydrogen-bond donors (Lipinski definition) is 0. The second-order valence-electron chi connectivity index (χ2n) is 15.9. The van der Waals surface area contributed by atoms with Crippen LogP contribution in [0.3, 0.4) is 0 Å². The zero-order valence-corrected chi connectivity index (χ0v) is 31.2. The van der Waals surface area contributed by atoms with E-state index in [1.807, 2.05) is 0 Å². The molecule has 54 heavy (non-hydrogen) atoms. The molecule has 0 saturated heterocycles. The molecule has 0 bridgehead atoms. The topological polar surface area (TPSA) is 6.48 Å². The van der Waals surface area contributed by atoms with Crippen molar-refractivity contribution in [2.75, 3.05) is 9.80 Å². The summed E-state index contributed by atoms with van der Waals surface area (Å²) in [7, 11) is 0. The van der Waals surface area contributed by atoms with Crippen molar-refractivity contribution in [3.63, 3.8) is 0 Å². The number of benzene rings is 8. The van der Waals surface area contributed by atoms with Gasteiger partial charge in [-0.2, -0.15) is 0 Å². The maximum Gasteiger partial charge on any atom is 0.0503 e. The minimum absolute atomic E-state index is 0.171. The minimum Gasteiger partial charge on any atom is -0.310 e. The molecular weight excluding hydrogens is 653 g/mol. The van der Waals surface area contributed by atoms with Gasteiger partial charge in [-0.15, -0.1) is 0 Å². The first-order chi connectivity index (χ1) is 26.3. The number of para-hydroxylation sites is 3. The van der Waals surface area contributed by atoms with E-state index in [1.54, 1.807) is 0 Å². The predicted octanol–water partition coefficient (Wildman–Crippen LogP) is 14.4. The van der Waals surface area contributed by atoms with Gasteiger partial charge in [0.25, 0.3) is 0 Å².